The van der Waals surface area contributed by atoms with Gasteiger partial charge in [-0.3, -0.25) is 0 Å². The van der Waals surface area contributed by atoms with Gasteiger partial charge in [0.15, 0.2) is 0 Å². The third kappa shape index (κ3) is 3.11. The van der Waals surface area contributed by atoms with Gasteiger partial charge in [-0.05, 0) is 56.2 Å². The van der Waals surface area contributed by atoms with Gasteiger partial charge in [0.25, 0.3) is 0 Å². The van der Waals surface area contributed by atoms with E-state index in [1.807, 2.05) is 26.0 Å². The molecule has 2 aromatic carbocycles. The lowest BCUT2D eigenvalue weighted by Crippen LogP contribution is -2.11. The number of hydrogen-bond donors (Lipinski definition) is 1. The predicted molar refractivity (Wildman–Crippen MR) is 74.3 cm³/mol. The molecular weight excluding hydrogens is 244 g/mol. The van der Waals surface area contributed by atoms with E-state index in [0.29, 0.717) is 0 Å². The van der Waals surface area contributed by atoms with Crippen molar-refractivity contribution in [2.24, 2.45) is 0 Å². The molecule has 0 radical (unpaired) electrons. The van der Waals surface area contributed by atoms with Crippen molar-refractivity contribution in [2.75, 3.05) is 5.32 Å². The Morgan fingerprint density at radius 2 is 1.47 bits per heavy atom. The van der Waals surface area contributed by atoms with Crippen LogP contribution in [0.5, 0.6) is 0 Å². The molecule has 1 atom stereocenters. The van der Waals surface area contributed by atoms with Crippen LogP contribution >= 0.6 is 0 Å². The third-order valence-corrected chi connectivity index (χ3v) is 3.04. The molecule has 0 aromatic heterocycles. The number of rotatable bonds is 3. The zero-order valence-corrected chi connectivity index (χ0v) is 11.3. The van der Waals surface area contributed by atoms with Crippen LogP contribution in [0.2, 0.25) is 0 Å². The van der Waals surface area contributed by atoms with Crippen LogP contribution in [0.15, 0.2) is 36.4 Å². The van der Waals surface area contributed by atoms with Crippen LogP contribution in [0, 0.1) is 25.5 Å². The fourth-order valence-corrected chi connectivity index (χ4v) is 2.30. The maximum atomic E-state index is 13.7. The molecule has 0 amide bonds. The van der Waals surface area contributed by atoms with Crippen LogP contribution < -0.4 is 5.32 Å². The molecule has 2 rings (SSSR count). The SMILES string of the molecule is Cc1cc(C)cc(NC(C)c2c(F)cccc2F)c1. The summed E-state index contributed by atoms with van der Waals surface area (Å²) in [5.74, 6) is -1.05. The zero-order chi connectivity index (χ0) is 14.0. The van der Waals surface area contributed by atoms with Crippen molar-refractivity contribution in [3.63, 3.8) is 0 Å². The van der Waals surface area contributed by atoms with Gasteiger partial charge in [0.2, 0.25) is 0 Å². The second kappa shape index (κ2) is 5.39. The topological polar surface area (TPSA) is 12.0 Å². The van der Waals surface area contributed by atoms with Crippen molar-refractivity contribution in [1.29, 1.82) is 0 Å². The van der Waals surface area contributed by atoms with E-state index in [1.165, 1.54) is 18.2 Å². The summed E-state index contributed by atoms with van der Waals surface area (Å²) in [5, 5.41) is 3.14. The Kier molecular flexibility index (Phi) is 3.84. The molecule has 1 nitrogen and oxygen atoms in total. The first-order chi connectivity index (χ1) is 8.97. The van der Waals surface area contributed by atoms with Crippen molar-refractivity contribution in [1.82, 2.24) is 0 Å². The Hall–Kier alpha value is -1.90. The first kappa shape index (κ1) is 13.5. The van der Waals surface area contributed by atoms with Crippen molar-refractivity contribution < 1.29 is 8.78 Å². The normalized spacial score (nSPS) is 12.3. The van der Waals surface area contributed by atoms with Gasteiger partial charge in [-0.25, -0.2) is 8.78 Å². The van der Waals surface area contributed by atoms with E-state index in [2.05, 4.69) is 11.4 Å². The van der Waals surface area contributed by atoms with Gasteiger partial charge in [0, 0.05) is 11.3 Å². The molecule has 2 aromatic rings. The van der Waals surface area contributed by atoms with Crippen molar-refractivity contribution in [2.45, 2.75) is 26.8 Å². The van der Waals surface area contributed by atoms with E-state index in [0.717, 1.165) is 16.8 Å². The molecule has 0 saturated heterocycles. The van der Waals surface area contributed by atoms with Gasteiger partial charge in [-0.15, -0.1) is 0 Å². The standard InChI is InChI=1S/C16H17F2N/c1-10-7-11(2)9-13(8-10)19-12(3)16-14(17)5-4-6-15(16)18/h4-9,12,19H,1-3H3. The highest BCUT2D eigenvalue weighted by molar-refractivity contribution is 5.50. The van der Waals surface area contributed by atoms with Crippen LogP contribution in [0.25, 0.3) is 0 Å². The first-order valence-electron chi connectivity index (χ1n) is 6.26. The molecule has 0 saturated carbocycles. The van der Waals surface area contributed by atoms with E-state index in [4.69, 9.17) is 0 Å². The van der Waals surface area contributed by atoms with E-state index < -0.39 is 17.7 Å². The second-order valence-electron chi connectivity index (χ2n) is 4.88. The molecule has 0 fully saturated rings. The minimum absolute atomic E-state index is 0.0710. The summed E-state index contributed by atoms with van der Waals surface area (Å²) in [5.41, 5.74) is 3.17. The Balaban J connectivity index is 2.28. The van der Waals surface area contributed by atoms with E-state index in [9.17, 15) is 8.78 Å². The van der Waals surface area contributed by atoms with Gasteiger partial charge in [-0.2, -0.15) is 0 Å². The minimum Gasteiger partial charge on any atom is -0.378 e. The van der Waals surface area contributed by atoms with Gasteiger partial charge in [0.05, 0.1) is 6.04 Å². The van der Waals surface area contributed by atoms with Crippen LogP contribution in [-0.2, 0) is 0 Å². The van der Waals surface area contributed by atoms with Crippen LogP contribution in [-0.4, -0.2) is 0 Å². The Bertz CT molecular complexity index is 553. The smallest absolute Gasteiger partial charge is 0.131 e. The maximum absolute atomic E-state index is 13.7. The summed E-state index contributed by atoms with van der Waals surface area (Å²) in [6, 6.07) is 9.47. The average molecular weight is 261 g/mol. The lowest BCUT2D eigenvalue weighted by atomic mass is 10.1. The van der Waals surface area contributed by atoms with E-state index in [-0.39, 0.29) is 5.56 Å². The zero-order valence-electron chi connectivity index (χ0n) is 11.3. The first-order valence-corrected chi connectivity index (χ1v) is 6.26. The largest absolute Gasteiger partial charge is 0.378 e. The summed E-state index contributed by atoms with van der Waals surface area (Å²) in [4.78, 5) is 0. The third-order valence-electron chi connectivity index (χ3n) is 3.04. The van der Waals surface area contributed by atoms with Gasteiger partial charge in [0.1, 0.15) is 11.6 Å². The van der Waals surface area contributed by atoms with Crippen LogP contribution in [0.1, 0.15) is 29.7 Å². The lowest BCUT2D eigenvalue weighted by molar-refractivity contribution is 0.544. The summed E-state index contributed by atoms with van der Waals surface area (Å²) < 4.78 is 27.4. The number of nitrogens with one attached hydrogen (secondary N) is 1. The molecule has 100 valence electrons. The van der Waals surface area contributed by atoms with E-state index in [1.54, 1.807) is 6.92 Å². The number of hydrogen-bond acceptors (Lipinski definition) is 1. The molecule has 1 unspecified atom stereocenters. The van der Waals surface area contributed by atoms with Gasteiger partial charge >= 0.3 is 0 Å². The lowest BCUT2D eigenvalue weighted by Gasteiger charge is -2.18. The Labute approximate surface area is 112 Å². The van der Waals surface area contributed by atoms with Crippen molar-refractivity contribution >= 4 is 5.69 Å². The summed E-state index contributed by atoms with van der Waals surface area (Å²) in [7, 11) is 0. The number of aryl methyl sites for hydroxylation is 2. The highest BCUT2D eigenvalue weighted by Gasteiger charge is 2.15. The summed E-state index contributed by atoms with van der Waals surface area (Å²) in [6.07, 6.45) is 0. The van der Waals surface area contributed by atoms with Gasteiger partial charge in [-0.1, -0.05) is 12.1 Å². The number of halogens is 2. The average Bonchev–Trinajstić information content (AvgIpc) is 2.26. The second-order valence-corrected chi connectivity index (χ2v) is 4.88. The molecule has 0 aliphatic carbocycles. The van der Waals surface area contributed by atoms with Crippen LogP contribution in [0.4, 0.5) is 14.5 Å². The minimum atomic E-state index is -0.524. The molecule has 0 spiro atoms. The molecule has 3 heteroatoms. The molecule has 19 heavy (non-hydrogen) atoms. The highest BCUT2D eigenvalue weighted by atomic mass is 19.1. The maximum Gasteiger partial charge on any atom is 0.131 e. The van der Waals surface area contributed by atoms with Crippen LogP contribution in [0.3, 0.4) is 0 Å². The fraction of sp³-hybridized carbons (Fsp3) is 0.250. The van der Waals surface area contributed by atoms with Gasteiger partial charge < -0.3 is 5.32 Å². The molecule has 0 heterocycles. The molecule has 0 aliphatic rings. The number of anilines is 1. The Morgan fingerprint density at radius 1 is 0.947 bits per heavy atom. The van der Waals surface area contributed by atoms with Crippen molar-refractivity contribution in [3.05, 3.63) is 64.7 Å². The van der Waals surface area contributed by atoms with E-state index >= 15 is 0 Å². The predicted octanol–water partition coefficient (Wildman–Crippen LogP) is 4.75. The molecule has 0 aliphatic heterocycles. The highest BCUT2D eigenvalue weighted by Crippen LogP contribution is 2.25. The van der Waals surface area contributed by atoms with Crippen molar-refractivity contribution in [3.8, 4) is 0 Å². The molecular formula is C16H17F2N. The molecule has 0 bridgehead atoms. The monoisotopic (exact) mass is 261 g/mol. The number of benzene rings is 2. The Morgan fingerprint density at radius 3 is 2.00 bits per heavy atom. The fourth-order valence-electron chi connectivity index (χ4n) is 2.30. The quantitative estimate of drug-likeness (QED) is 0.840. The summed E-state index contributed by atoms with van der Waals surface area (Å²) >= 11 is 0. The molecule has 1 N–H and O–H groups in total. The summed E-state index contributed by atoms with van der Waals surface area (Å²) in [6.45, 7) is 5.73.